The van der Waals surface area contributed by atoms with Crippen LogP contribution >= 0.6 is 11.6 Å². The number of aromatic nitrogens is 2. The van der Waals surface area contributed by atoms with Crippen LogP contribution in [0.3, 0.4) is 0 Å². The molecule has 1 heterocycles. The SMILES string of the molecule is Cc1nn(CCNc2ccc(Cl)cc2)c(C)c1C. The highest BCUT2D eigenvalue weighted by Gasteiger charge is 2.06. The first-order valence-corrected chi connectivity index (χ1v) is 6.46. The first kappa shape index (κ1) is 13.0. The van der Waals surface area contributed by atoms with Crippen LogP contribution in [0.4, 0.5) is 5.69 Å². The predicted octanol–water partition coefficient (Wildman–Crippen LogP) is 3.57. The minimum atomic E-state index is 0.759. The van der Waals surface area contributed by atoms with Gasteiger partial charge in [0.15, 0.2) is 0 Å². The van der Waals surface area contributed by atoms with E-state index in [9.17, 15) is 0 Å². The van der Waals surface area contributed by atoms with Crippen LogP contribution in [-0.4, -0.2) is 16.3 Å². The van der Waals surface area contributed by atoms with Crippen molar-refractivity contribution in [2.24, 2.45) is 0 Å². The molecule has 0 atom stereocenters. The molecule has 0 spiro atoms. The monoisotopic (exact) mass is 263 g/mol. The topological polar surface area (TPSA) is 29.9 Å². The molecule has 0 amide bonds. The van der Waals surface area contributed by atoms with E-state index >= 15 is 0 Å². The number of nitrogens with zero attached hydrogens (tertiary/aromatic N) is 2. The van der Waals surface area contributed by atoms with E-state index < -0.39 is 0 Å². The third kappa shape index (κ3) is 2.85. The van der Waals surface area contributed by atoms with Gasteiger partial charge >= 0.3 is 0 Å². The van der Waals surface area contributed by atoms with Crippen LogP contribution in [0.1, 0.15) is 17.0 Å². The average molecular weight is 264 g/mol. The molecule has 2 aromatic rings. The van der Waals surface area contributed by atoms with Gasteiger partial charge in [0, 0.05) is 22.9 Å². The minimum Gasteiger partial charge on any atom is -0.383 e. The Morgan fingerprint density at radius 1 is 1.17 bits per heavy atom. The summed E-state index contributed by atoms with van der Waals surface area (Å²) in [6, 6.07) is 7.73. The number of halogens is 1. The van der Waals surface area contributed by atoms with Gasteiger partial charge in [0.25, 0.3) is 0 Å². The number of nitrogens with one attached hydrogen (secondary N) is 1. The summed E-state index contributed by atoms with van der Waals surface area (Å²) in [6.45, 7) is 7.98. The van der Waals surface area contributed by atoms with Gasteiger partial charge in [-0.2, -0.15) is 5.10 Å². The third-order valence-electron chi connectivity index (χ3n) is 3.24. The van der Waals surface area contributed by atoms with E-state index in [2.05, 4.69) is 24.3 Å². The van der Waals surface area contributed by atoms with E-state index in [0.717, 1.165) is 29.5 Å². The van der Waals surface area contributed by atoms with Crippen LogP contribution in [0.15, 0.2) is 24.3 Å². The van der Waals surface area contributed by atoms with Gasteiger partial charge in [-0.15, -0.1) is 0 Å². The van der Waals surface area contributed by atoms with Crippen LogP contribution in [0.2, 0.25) is 5.02 Å². The predicted molar refractivity (Wildman–Crippen MR) is 76.4 cm³/mol. The van der Waals surface area contributed by atoms with Crippen LogP contribution in [0, 0.1) is 20.8 Å². The largest absolute Gasteiger partial charge is 0.383 e. The van der Waals surface area contributed by atoms with Crippen LogP contribution in [0.25, 0.3) is 0 Å². The van der Waals surface area contributed by atoms with Crippen molar-refractivity contribution in [1.29, 1.82) is 0 Å². The summed E-state index contributed by atoms with van der Waals surface area (Å²) in [6.07, 6.45) is 0. The Hall–Kier alpha value is -1.48. The zero-order chi connectivity index (χ0) is 13.1. The second-order valence-electron chi connectivity index (χ2n) is 4.45. The lowest BCUT2D eigenvalue weighted by Gasteiger charge is -2.08. The Kier molecular flexibility index (Phi) is 3.92. The highest BCUT2D eigenvalue weighted by atomic mass is 35.5. The standard InChI is InChI=1S/C14H18ClN3/c1-10-11(2)17-18(12(10)3)9-8-16-14-6-4-13(15)5-7-14/h4-7,16H,8-9H2,1-3H3. The summed E-state index contributed by atoms with van der Waals surface area (Å²) in [7, 11) is 0. The smallest absolute Gasteiger partial charge is 0.0625 e. The number of hydrogen-bond acceptors (Lipinski definition) is 2. The molecule has 1 aromatic heterocycles. The van der Waals surface area contributed by atoms with Gasteiger partial charge in [0.2, 0.25) is 0 Å². The van der Waals surface area contributed by atoms with E-state index in [4.69, 9.17) is 11.6 Å². The highest BCUT2D eigenvalue weighted by Crippen LogP contribution is 2.14. The van der Waals surface area contributed by atoms with Gasteiger partial charge in [-0.25, -0.2) is 0 Å². The molecule has 1 N–H and O–H groups in total. The zero-order valence-corrected chi connectivity index (χ0v) is 11.8. The van der Waals surface area contributed by atoms with E-state index in [1.807, 2.05) is 35.9 Å². The lowest BCUT2D eigenvalue weighted by molar-refractivity contribution is 0.614. The zero-order valence-electron chi connectivity index (χ0n) is 11.0. The Morgan fingerprint density at radius 2 is 1.83 bits per heavy atom. The van der Waals surface area contributed by atoms with E-state index in [1.165, 1.54) is 11.3 Å². The lowest BCUT2D eigenvalue weighted by Crippen LogP contribution is -2.12. The number of hydrogen-bond donors (Lipinski definition) is 1. The summed E-state index contributed by atoms with van der Waals surface area (Å²) in [5.41, 5.74) is 4.71. The maximum Gasteiger partial charge on any atom is 0.0625 e. The van der Waals surface area contributed by atoms with Gasteiger partial charge in [0.1, 0.15) is 0 Å². The fourth-order valence-electron chi connectivity index (χ4n) is 1.88. The highest BCUT2D eigenvalue weighted by molar-refractivity contribution is 6.30. The molecule has 1 aromatic carbocycles. The molecule has 3 nitrogen and oxygen atoms in total. The average Bonchev–Trinajstić information content (AvgIpc) is 2.60. The lowest BCUT2D eigenvalue weighted by atomic mass is 10.2. The molecule has 0 aliphatic heterocycles. The third-order valence-corrected chi connectivity index (χ3v) is 3.49. The van der Waals surface area contributed by atoms with Crippen molar-refractivity contribution in [2.75, 3.05) is 11.9 Å². The number of aryl methyl sites for hydroxylation is 1. The van der Waals surface area contributed by atoms with E-state index in [1.54, 1.807) is 0 Å². The maximum absolute atomic E-state index is 5.84. The van der Waals surface area contributed by atoms with Crippen LogP contribution in [-0.2, 0) is 6.54 Å². The summed E-state index contributed by atoms with van der Waals surface area (Å²) >= 11 is 5.84. The van der Waals surface area contributed by atoms with Crippen molar-refractivity contribution in [1.82, 2.24) is 9.78 Å². The van der Waals surface area contributed by atoms with Crippen molar-refractivity contribution in [3.63, 3.8) is 0 Å². The maximum atomic E-state index is 5.84. The number of rotatable bonds is 4. The van der Waals surface area contributed by atoms with Crippen molar-refractivity contribution < 1.29 is 0 Å². The normalized spacial score (nSPS) is 10.7. The second kappa shape index (κ2) is 5.44. The Bertz CT molecular complexity index is 529. The summed E-state index contributed by atoms with van der Waals surface area (Å²) in [5, 5.41) is 8.63. The molecule has 4 heteroatoms. The van der Waals surface area contributed by atoms with Crippen molar-refractivity contribution in [2.45, 2.75) is 27.3 Å². The molecule has 0 aliphatic carbocycles. The van der Waals surface area contributed by atoms with E-state index in [0.29, 0.717) is 0 Å². The Labute approximate surface area is 113 Å². The van der Waals surface area contributed by atoms with Crippen LogP contribution in [0.5, 0.6) is 0 Å². The van der Waals surface area contributed by atoms with E-state index in [-0.39, 0.29) is 0 Å². The molecule has 0 saturated heterocycles. The first-order chi connectivity index (χ1) is 8.58. The number of anilines is 1. The molecular formula is C14H18ClN3. The van der Waals surface area contributed by atoms with Gasteiger partial charge in [-0.3, -0.25) is 4.68 Å². The molecule has 0 radical (unpaired) electrons. The van der Waals surface area contributed by atoms with Gasteiger partial charge in [-0.1, -0.05) is 11.6 Å². The first-order valence-electron chi connectivity index (χ1n) is 6.08. The molecule has 0 bridgehead atoms. The Morgan fingerprint density at radius 3 is 2.39 bits per heavy atom. The summed E-state index contributed by atoms with van der Waals surface area (Å²) in [4.78, 5) is 0. The van der Waals surface area contributed by atoms with Gasteiger partial charge in [0.05, 0.1) is 12.2 Å². The molecule has 0 unspecified atom stereocenters. The molecule has 0 fully saturated rings. The molecule has 0 saturated carbocycles. The minimum absolute atomic E-state index is 0.759. The molecule has 0 aliphatic rings. The fourth-order valence-corrected chi connectivity index (χ4v) is 2.00. The van der Waals surface area contributed by atoms with Gasteiger partial charge in [-0.05, 0) is 50.6 Å². The van der Waals surface area contributed by atoms with Crippen LogP contribution < -0.4 is 5.32 Å². The van der Waals surface area contributed by atoms with Crippen molar-refractivity contribution >= 4 is 17.3 Å². The number of benzene rings is 1. The summed E-state index contributed by atoms with van der Waals surface area (Å²) in [5.74, 6) is 0. The Balaban J connectivity index is 1.92. The quantitative estimate of drug-likeness (QED) is 0.914. The molecular weight excluding hydrogens is 246 g/mol. The van der Waals surface area contributed by atoms with Gasteiger partial charge < -0.3 is 5.32 Å². The molecule has 18 heavy (non-hydrogen) atoms. The van der Waals surface area contributed by atoms with Crippen molar-refractivity contribution in [3.8, 4) is 0 Å². The second-order valence-corrected chi connectivity index (χ2v) is 4.89. The van der Waals surface area contributed by atoms with Crippen molar-refractivity contribution in [3.05, 3.63) is 46.2 Å². The fraction of sp³-hybridized carbons (Fsp3) is 0.357. The molecule has 2 rings (SSSR count). The summed E-state index contributed by atoms with van der Waals surface area (Å²) < 4.78 is 2.05. The molecule has 96 valence electrons.